The van der Waals surface area contributed by atoms with Gasteiger partial charge in [-0.3, -0.25) is 0 Å². The van der Waals surface area contributed by atoms with E-state index in [1.807, 2.05) is 0 Å². The van der Waals surface area contributed by atoms with Crippen molar-refractivity contribution in [2.45, 2.75) is 12.3 Å². The van der Waals surface area contributed by atoms with Gasteiger partial charge in [0.05, 0.1) is 5.02 Å². The van der Waals surface area contributed by atoms with Crippen LogP contribution in [0.1, 0.15) is 10.5 Å². The van der Waals surface area contributed by atoms with Gasteiger partial charge >= 0.3 is 18.3 Å². The monoisotopic (exact) mass is 287 g/mol. The Balaban J connectivity index is 2.81. The lowest BCUT2D eigenvalue weighted by atomic mass is 10.3. The van der Waals surface area contributed by atoms with Gasteiger partial charge in [-0.05, 0) is 6.07 Å². The molecule has 18 heavy (non-hydrogen) atoms. The molecule has 0 amide bonds. The topological polar surface area (TPSA) is 59.4 Å². The first kappa shape index (κ1) is 14.5. The number of ether oxygens (including phenoxy) is 1. The molecule has 0 saturated heterocycles. The minimum absolute atomic E-state index is 0.226. The zero-order valence-electron chi connectivity index (χ0n) is 8.54. The summed E-state index contributed by atoms with van der Waals surface area (Å²) in [5.41, 5.74) is -0.616. The number of hydrogen-bond donors (Lipinski definition) is 1. The van der Waals surface area contributed by atoms with E-state index in [9.17, 15) is 22.4 Å². The van der Waals surface area contributed by atoms with Crippen LogP contribution < -0.4 is 4.74 Å². The molecule has 1 N–H and O–H groups in total. The molecular formula is C9H6ClF4NO3. The Morgan fingerprint density at radius 3 is 2.61 bits per heavy atom. The van der Waals surface area contributed by atoms with Crippen molar-refractivity contribution < 1.29 is 32.2 Å². The summed E-state index contributed by atoms with van der Waals surface area (Å²) >= 11 is 5.46. The molecule has 4 nitrogen and oxygen atoms in total. The van der Waals surface area contributed by atoms with Gasteiger partial charge in [0.15, 0.2) is 12.3 Å². The summed E-state index contributed by atoms with van der Waals surface area (Å²) in [5, 5.41) is 8.41. The highest BCUT2D eigenvalue weighted by Crippen LogP contribution is 2.24. The number of carbonyl (C=O) groups is 1. The molecule has 100 valence electrons. The van der Waals surface area contributed by atoms with Crippen LogP contribution in [-0.2, 0) is 0 Å². The van der Waals surface area contributed by atoms with Gasteiger partial charge in [-0.25, -0.2) is 18.6 Å². The predicted molar refractivity (Wildman–Crippen MR) is 52.7 cm³/mol. The van der Waals surface area contributed by atoms with Crippen LogP contribution in [0.4, 0.5) is 17.6 Å². The number of hydrogen-bond acceptors (Lipinski definition) is 3. The molecule has 0 radical (unpaired) electrons. The Morgan fingerprint density at radius 1 is 1.50 bits per heavy atom. The molecule has 1 rings (SSSR count). The number of carboxylic acids is 1. The largest absolute Gasteiger partial charge is 0.476 e. The summed E-state index contributed by atoms with van der Waals surface area (Å²) in [6.07, 6.45) is -3.89. The van der Waals surface area contributed by atoms with Crippen LogP contribution in [-0.4, -0.2) is 35.0 Å². The van der Waals surface area contributed by atoms with Gasteiger partial charge in [0.25, 0.3) is 0 Å². The molecule has 0 aromatic carbocycles. The number of halogens is 5. The Kier molecular flexibility index (Phi) is 4.33. The molecule has 0 aliphatic carbocycles. The molecule has 0 unspecified atom stereocenters. The van der Waals surface area contributed by atoms with Crippen molar-refractivity contribution in [2.24, 2.45) is 0 Å². The van der Waals surface area contributed by atoms with E-state index in [1.54, 1.807) is 0 Å². The fourth-order valence-corrected chi connectivity index (χ4v) is 1.07. The van der Waals surface area contributed by atoms with Crippen LogP contribution in [0.2, 0.25) is 5.02 Å². The van der Waals surface area contributed by atoms with Gasteiger partial charge in [0, 0.05) is 6.07 Å². The fourth-order valence-electron chi connectivity index (χ4n) is 0.888. The molecule has 1 aromatic rings. The van der Waals surface area contributed by atoms with Crippen molar-refractivity contribution in [1.29, 1.82) is 0 Å². The summed E-state index contributed by atoms with van der Waals surface area (Å²) in [5.74, 6) is -6.37. The lowest BCUT2D eigenvalue weighted by molar-refractivity contribution is -0.148. The van der Waals surface area contributed by atoms with E-state index in [4.69, 9.17) is 16.7 Å². The highest BCUT2D eigenvalue weighted by molar-refractivity contribution is 6.33. The second-order valence-corrected chi connectivity index (χ2v) is 3.54. The van der Waals surface area contributed by atoms with E-state index in [2.05, 4.69) is 9.72 Å². The van der Waals surface area contributed by atoms with Gasteiger partial charge in [-0.1, -0.05) is 11.6 Å². The van der Waals surface area contributed by atoms with Crippen molar-refractivity contribution in [3.05, 3.63) is 22.8 Å². The van der Waals surface area contributed by atoms with Crippen LogP contribution >= 0.6 is 11.6 Å². The van der Waals surface area contributed by atoms with Gasteiger partial charge in [-0.2, -0.15) is 8.78 Å². The van der Waals surface area contributed by atoms with E-state index >= 15 is 0 Å². The molecule has 0 saturated carbocycles. The number of nitrogens with zero attached hydrogens (tertiary/aromatic N) is 1. The average molecular weight is 288 g/mol. The summed E-state index contributed by atoms with van der Waals surface area (Å²) in [4.78, 5) is 13.9. The van der Waals surface area contributed by atoms with Crippen molar-refractivity contribution >= 4 is 17.6 Å². The van der Waals surface area contributed by atoms with E-state index in [1.165, 1.54) is 0 Å². The van der Waals surface area contributed by atoms with Gasteiger partial charge < -0.3 is 9.84 Å². The summed E-state index contributed by atoms with van der Waals surface area (Å²) in [6.45, 7) is -1.61. The molecule has 0 aliphatic rings. The number of alkyl halides is 4. The molecule has 9 heteroatoms. The lowest BCUT2D eigenvalue weighted by Gasteiger charge is -2.15. The molecule has 0 aliphatic heterocycles. The first-order valence-electron chi connectivity index (χ1n) is 4.42. The lowest BCUT2D eigenvalue weighted by Crippen LogP contribution is -2.34. The molecule has 0 spiro atoms. The first-order chi connectivity index (χ1) is 8.24. The molecule has 1 heterocycles. The maximum Gasteiger partial charge on any atom is 0.356 e. The molecule has 0 fully saturated rings. The highest BCUT2D eigenvalue weighted by Gasteiger charge is 2.41. The predicted octanol–water partition coefficient (Wildman–Crippen LogP) is 2.71. The minimum atomic E-state index is -4.34. The molecule has 0 atom stereocenters. The van der Waals surface area contributed by atoms with Crippen LogP contribution in [0, 0.1) is 0 Å². The third-order valence-corrected chi connectivity index (χ3v) is 2.06. The Labute approximate surface area is 103 Å². The van der Waals surface area contributed by atoms with E-state index in [0.717, 1.165) is 12.1 Å². The highest BCUT2D eigenvalue weighted by atomic mass is 35.5. The second kappa shape index (κ2) is 5.38. The maximum absolute atomic E-state index is 12.5. The van der Waals surface area contributed by atoms with Gasteiger partial charge in [0.2, 0.25) is 5.88 Å². The number of pyridine rings is 1. The SMILES string of the molecule is O=C(O)c1nc(OCC(F)(F)C(F)F)ccc1Cl. The Morgan fingerprint density at radius 2 is 2.11 bits per heavy atom. The molecular weight excluding hydrogens is 282 g/mol. The number of aromatic carboxylic acids is 1. The number of carboxylic acid groups (broad SMARTS) is 1. The minimum Gasteiger partial charge on any atom is -0.476 e. The average Bonchev–Trinajstić information content (AvgIpc) is 2.27. The summed E-state index contributed by atoms with van der Waals surface area (Å²) in [6, 6.07) is 2.05. The third-order valence-electron chi connectivity index (χ3n) is 1.75. The molecule has 0 bridgehead atoms. The summed E-state index contributed by atoms with van der Waals surface area (Å²) in [7, 11) is 0. The quantitative estimate of drug-likeness (QED) is 0.846. The van der Waals surface area contributed by atoms with Crippen molar-refractivity contribution in [1.82, 2.24) is 4.98 Å². The van der Waals surface area contributed by atoms with Crippen LogP contribution in [0.5, 0.6) is 5.88 Å². The maximum atomic E-state index is 12.5. The molecule has 1 aromatic heterocycles. The van der Waals surface area contributed by atoms with Crippen molar-refractivity contribution in [3.8, 4) is 5.88 Å². The fraction of sp³-hybridized carbons (Fsp3) is 0.333. The second-order valence-electron chi connectivity index (χ2n) is 3.14. The van der Waals surface area contributed by atoms with Gasteiger partial charge in [-0.15, -0.1) is 0 Å². The third kappa shape index (κ3) is 3.46. The van der Waals surface area contributed by atoms with Crippen LogP contribution in [0.3, 0.4) is 0 Å². The van der Waals surface area contributed by atoms with E-state index in [-0.39, 0.29) is 5.02 Å². The summed E-state index contributed by atoms with van der Waals surface area (Å²) < 4.78 is 53.0. The Bertz CT molecular complexity index is 455. The Hall–Kier alpha value is -1.57. The van der Waals surface area contributed by atoms with Crippen molar-refractivity contribution in [2.75, 3.05) is 6.61 Å². The number of rotatable bonds is 5. The van der Waals surface area contributed by atoms with E-state index in [0.29, 0.717) is 0 Å². The first-order valence-corrected chi connectivity index (χ1v) is 4.80. The normalized spacial score (nSPS) is 11.7. The zero-order valence-corrected chi connectivity index (χ0v) is 9.30. The van der Waals surface area contributed by atoms with Crippen LogP contribution in [0.25, 0.3) is 0 Å². The zero-order chi connectivity index (χ0) is 13.9. The van der Waals surface area contributed by atoms with Crippen LogP contribution in [0.15, 0.2) is 12.1 Å². The number of aromatic nitrogens is 1. The van der Waals surface area contributed by atoms with Crippen molar-refractivity contribution in [3.63, 3.8) is 0 Å². The smallest absolute Gasteiger partial charge is 0.356 e. The van der Waals surface area contributed by atoms with E-state index < -0.39 is 36.5 Å². The van der Waals surface area contributed by atoms with Gasteiger partial charge in [0.1, 0.15) is 0 Å². The standard InChI is InChI=1S/C9H6ClF4NO3/c10-4-1-2-5(15-6(4)7(16)17)18-3-9(13,14)8(11)12/h1-2,8H,3H2,(H,16,17).